The summed E-state index contributed by atoms with van der Waals surface area (Å²) < 4.78 is 28.7. The van der Waals surface area contributed by atoms with E-state index in [1.807, 2.05) is 0 Å². The Morgan fingerprint density at radius 3 is 2.53 bits per heavy atom. The maximum Gasteiger partial charge on any atom is 0.244 e. The number of amides is 1. The Labute approximate surface area is 185 Å². The molecule has 2 heterocycles. The van der Waals surface area contributed by atoms with E-state index in [0.717, 1.165) is 18.2 Å². The topological polar surface area (TPSA) is 81.1 Å². The fourth-order valence-corrected chi connectivity index (χ4v) is 3.43. The van der Waals surface area contributed by atoms with Crippen LogP contribution in [0.1, 0.15) is 15.9 Å². The number of fused-ring (bicyclic) bond motifs is 1. The number of carbonyl (C=O) groups is 2. The Morgan fingerprint density at radius 2 is 1.78 bits per heavy atom. The van der Waals surface area contributed by atoms with Gasteiger partial charge in [0.2, 0.25) is 11.3 Å². The Morgan fingerprint density at radius 1 is 1.03 bits per heavy atom. The van der Waals surface area contributed by atoms with Crippen molar-refractivity contribution in [1.82, 2.24) is 9.55 Å². The molecule has 0 saturated heterocycles. The summed E-state index contributed by atoms with van der Waals surface area (Å²) in [6.45, 7) is -0.370. The predicted octanol–water partition coefficient (Wildman–Crippen LogP) is 4.20. The second-order valence-corrected chi connectivity index (χ2v) is 7.34. The van der Waals surface area contributed by atoms with Crippen molar-refractivity contribution in [2.75, 3.05) is 5.32 Å². The van der Waals surface area contributed by atoms with Gasteiger partial charge in [-0.15, -0.1) is 0 Å². The van der Waals surface area contributed by atoms with Gasteiger partial charge in [-0.05, 0) is 42.5 Å². The maximum atomic E-state index is 13.9. The summed E-state index contributed by atoms with van der Waals surface area (Å²) >= 11 is 6.04. The molecule has 0 spiro atoms. The summed E-state index contributed by atoms with van der Waals surface area (Å²) in [4.78, 5) is 42.4. The van der Waals surface area contributed by atoms with Crippen LogP contribution in [0.5, 0.6) is 0 Å². The Bertz CT molecular complexity index is 1420. The van der Waals surface area contributed by atoms with E-state index in [2.05, 4.69) is 10.3 Å². The number of halogens is 3. The zero-order chi connectivity index (χ0) is 22.8. The molecule has 4 rings (SSSR count). The van der Waals surface area contributed by atoms with E-state index in [0.29, 0.717) is 5.52 Å². The van der Waals surface area contributed by atoms with Crippen LogP contribution in [0.3, 0.4) is 0 Å². The van der Waals surface area contributed by atoms with Gasteiger partial charge in [0.25, 0.3) is 0 Å². The highest BCUT2D eigenvalue weighted by Crippen LogP contribution is 2.20. The van der Waals surface area contributed by atoms with E-state index >= 15 is 0 Å². The molecule has 32 heavy (non-hydrogen) atoms. The molecule has 9 heteroatoms. The van der Waals surface area contributed by atoms with Crippen LogP contribution in [0.25, 0.3) is 10.9 Å². The normalized spacial score (nSPS) is 10.8. The van der Waals surface area contributed by atoms with E-state index < -0.39 is 28.8 Å². The van der Waals surface area contributed by atoms with Crippen molar-refractivity contribution in [3.63, 3.8) is 0 Å². The third-order valence-corrected chi connectivity index (χ3v) is 4.98. The van der Waals surface area contributed by atoms with Crippen molar-refractivity contribution in [2.24, 2.45) is 0 Å². The monoisotopic (exact) mass is 453 g/mol. The predicted molar refractivity (Wildman–Crippen MR) is 116 cm³/mol. The highest BCUT2D eigenvalue weighted by molar-refractivity contribution is 6.31. The largest absolute Gasteiger partial charge is 0.337 e. The van der Waals surface area contributed by atoms with Crippen molar-refractivity contribution in [1.29, 1.82) is 0 Å². The molecule has 0 bridgehead atoms. The van der Waals surface area contributed by atoms with Crippen LogP contribution in [-0.4, -0.2) is 21.2 Å². The summed E-state index contributed by atoms with van der Waals surface area (Å²) in [5, 5.41) is 2.72. The van der Waals surface area contributed by atoms with Gasteiger partial charge in [0, 0.05) is 40.6 Å². The summed E-state index contributed by atoms with van der Waals surface area (Å²) in [5.41, 5.74) is -0.443. The van der Waals surface area contributed by atoms with Crippen molar-refractivity contribution >= 4 is 39.9 Å². The van der Waals surface area contributed by atoms with Gasteiger partial charge in [-0.1, -0.05) is 11.6 Å². The lowest BCUT2D eigenvalue weighted by Gasteiger charge is -2.14. The van der Waals surface area contributed by atoms with Crippen LogP contribution in [0.2, 0.25) is 5.02 Å². The van der Waals surface area contributed by atoms with Gasteiger partial charge in [-0.3, -0.25) is 19.4 Å². The molecule has 4 aromatic rings. The van der Waals surface area contributed by atoms with Crippen LogP contribution in [0.4, 0.5) is 14.5 Å². The standard InChI is InChI=1S/C23H14ClF2N3O3/c24-14-1-4-20-16(9-14)23(32)17(22(31)13-5-7-27-8-6-13)11-29(20)12-21(30)28-19-10-15(25)2-3-18(19)26/h1-11H,12H2,(H,28,30). The molecule has 1 amide bonds. The molecule has 0 saturated carbocycles. The molecule has 0 aliphatic heterocycles. The fourth-order valence-electron chi connectivity index (χ4n) is 3.26. The highest BCUT2D eigenvalue weighted by Gasteiger charge is 2.19. The first-order valence-corrected chi connectivity index (χ1v) is 9.73. The first-order chi connectivity index (χ1) is 15.3. The summed E-state index contributed by atoms with van der Waals surface area (Å²) in [5.74, 6) is -2.75. The van der Waals surface area contributed by atoms with Crippen LogP contribution in [-0.2, 0) is 11.3 Å². The third-order valence-electron chi connectivity index (χ3n) is 4.75. The molecule has 0 unspecified atom stereocenters. The summed E-state index contributed by atoms with van der Waals surface area (Å²) in [7, 11) is 0. The van der Waals surface area contributed by atoms with Gasteiger partial charge in [0.15, 0.2) is 5.78 Å². The molecule has 0 aliphatic rings. The first-order valence-electron chi connectivity index (χ1n) is 9.36. The van der Waals surface area contributed by atoms with Crippen molar-refractivity contribution < 1.29 is 18.4 Å². The summed E-state index contributed by atoms with van der Waals surface area (Å²) in [6, 6.07) is 10.1. The lowest BCUT2D eigenvalue weighted by atomic mass is 10.0. The number of hydrogen-bond acceptors (Lipinski definition) is 4. The van der Waals surface area contributed by atoms with Crippen LogP contribution in [0, 0.1) is 11.6 Å². The molecular weight excluding hydrogens is 440 g/mol. The zero-order valence-electron chi connectivity index (χ0n) is 16.3. The molecule has 6 nitrogen and oxygen atoms in total. The van der Waals surface area contributed by atoms with Gasteiger partial charge in [-0.2, -0.15) is 0 Å². The van der Waals surface area contributed by atoms with Gasteiger partial charge >= 0.3 is 0 Å². The molecule has 160 valence electrons. The number of hydrogen-bond donors (Lipinski definition) is 1. The lowest BCUT2D eigenvalue weighted by Crippen LogP contribution is -2.24. The number of carbonyl (C=O) groups excluding carboxylic acids is 2. The molecule has 2 aromatic carbocycles. The van der Waals surface area contributed by atoms with Gasteiger partial charge < -0.3 is 9.88 Å². The van der Waals surface area contributed by atoms with E-state index in [-0.39, 0.29) is 33.8 Å². The number of benzene rings is 2. The maximum absolute atomic E-state index is 13.9. The van der Waals surface area contributed by atoms with Gasteiger partial charge in [-0.25, -0.2) is 8.78 Å². The van der Waals surface area contributed by atoms with Gasteiger partial charge in [0.1, 0.15) is 18.2 Å². The molecule has 1 N–H and O–H groups in total. The number of rotatable bonds is 5. The smallest absolute Gasteiger partial charge is 0.244 e. The summed E-state index contributed by atoms with van der Waals surface area (Å²) in [6.07, 6.45) is 4.11. The molecule has 0 radical (unpaired) electrons. The Hall–Kier alpha value is -3.91. The quantitative estimate of drug-likeness (QED) is 0.459. The molecule has 2 aromatic heterocycles. The average molecular weight is 454 g/mol. The van der Waals surface area contributed by atoms with E-state index in [4.69, 9.17) is 11.6 Å². The fraction of sp³-hybridized carbons (Fsp3) is 0.0435. The molecular formula is C23H14ClF2N3O3. The van der Waals surface area contributed by atoms with Crippen molar-refractivity contribution in [3.05, 3.63) is 105 Å². The number of aromatic nitrogens is 2. The van der Waals surface area contributed by atoms with Crippen LogP contribution < -0.4 is 10.7 Å². The lowest BCUT2D eigenvalue weighted by molar-refractivity contribution is -0.116. The van der Waals surface area contributed by atoms with Gasteiger partial charge in [0.05, 0.1) is 16.8 Å². The zero-order valence-corrected chi connectivity index (χ0v) is 17.1. The van der Waals surface area contributed by atoms with Crippen LogP contribution in [0.15, 0.2) is 71.9 Å². The molecule has 0 fully saturated rings. The number of anilines is 1. The minimum atomic E-state index is -0.801. The van der Waals surface area contributed by atoms with E-state index in [1.54, 1.807) is 0 Å². The highest BCUT2D eigenvalue weighted by atomic mass is 35.5. The van der Waals surface area contributed by atoms with Crippen molar-refractivity contribution in [3.8, 4) is 0 Å². The van der Waals surface area contributed by atoms with Crippen LogP contribution >= 0.6 is 11.6 Å². The second kappa shape index (κ2) is 8.68. The van der Waals surface area contributed by atoms with Crippen molar-refractivity contribution in [2.45, 2.75) is 6.54 Å². The molecule has 0 aliphatic carbocycles. The number of nitrogens with one attached hydrogen (secondary N) is 1. The Balaban J connectivity index is 1.77. The number of ketones is 1. The third kappa shape index (κ3) is 4.26. The second-order valence-electron chi connectivity index (χ2n) is 6.90. The average Bonchev–Trinajstić information content (AvgIpc) is 2.78. The van der Waals surface area contributed by atoms with E-state index in [1.165, 1.54) is 53.5 Å². The number of nitrogens with zero attached hydrogens (tertiary/aromatic N) is 2. The first kappa shape index (κ1) is 21.3. The number of pyridine rings is 2. The van der Waals surface area contributed by atoms with E-state index in [9.17, 15) is 23.2 Å². The SMILES string of the molecule is O=C(Cn1cc(C(=O)c2ccncc2)c(=O)c2cc(Cl)ccc21)Nc1cc(F)ccc1F. The Kier molecular flexibility index (Phi) is 5.79. The minimum absolute atomic E-state index is 0.141. The minimum Gasteiger partial charge on any atom is -0.337 e. The molecule has 0 atom stereocenters.